The summed E-state index contributed by atoms with van der Waals surface area (Å²) in [5, 5.41) is 0. The number of carbonyl (C=O) groups excluding carboxylic acids is 1. The van der Waals surface area contributed by atoms with E-state index in [1.54, 1.807) is 0 Å². The van der Waals surface area contributed by atoms with Crippen LogP contribution in [0.3, 0.4) is 0 Å². The molecule has 1 aliphatic carbocycles. The van der Waals surface area contributed by atoms with Crippen LogP contribution >= 0.6 is 0 Å². The average Bonchev–Trinajstić information content (AvgIpc) is 2.52. The summed E-state index contributed by atoms with van der Waals surface area (Å²) >= 11 is 0. The lowest BCUT2D eigenvalue weighted by Crippen LogP contribution is -2.19. The van der Waals surface area contributed by atoms with Gasteiger partial charge in [0, 0.05) is 6.08 Å². The lowest BCUT2D eigenvalue weighted by Gasteiger charge is -2.33. The Morgan fingerprint density at radius 1 is 1.24 bits per heavy atom. The van der Waals surface area contributed by atoms with Crippen LogP contribution in [0.15, 0.2) is 58.7 Å². The maximum absolute atomic E-state index is 11.4. The fraction of sp³-hybridized carbons (Fsp3) is 0.522. The molecule has 0 aromatic carbocycles. The summed E-state index contributed by atoms with van der Waals surface area (Å²) in [5.74, 6) is -0.286. The smallest absolute Gasteiger partial charge is 0.330 e. The van der Waals surface area contributed by atoms with Crippen LogP contribution in [0, 0.1) is 5.41 Å². The van der Waals surface area contributed by atoms with Crippen molar-refractivity contribution in [2.24, 2.45) is 5.41 Å². The molecule has 1 rings (SSSR count). The van der Waals surface area contributed by atoms with Crippen LogP contribution in [0.1, 0.15) is 67.2 Å². The number of hydrogen-bond acceptors (Lipinski definition) is 2. The molecule has 1 aliphatic rings. The van der Waals surface area contributed by atoms with Crippen LogP contribution in [0.5, 0.6) is 0 Å². The molecule has 2 heteroatoms. The Kier molecular flexibility index (Phi) is 8.68. The van der Waals surface area contributed by atoms with Gasteiger partial charge < -0.3 is 4.74 Å². The Bertz CT molecular complexity index is 610. The Morgan fingerprint density at radius 2 is 1.96 bits per heavy atom. The highest BCUT2D eigenvalue weighted by Gasteiger charge is 2.26. The summed E-state index contributed by atoms with van der Waals surface area (Å²) < 4.78 is 4.92. The Balaban J connectivity index is 2.83. The van der Waals surface area contributed by atoms with Crippen molar-refractivity contribution >= 4 is 5.97 Å². The number of carbonyl (C=O) groups is 1. The van der Waals surface area contributed by atoms with E-state index in [0.29, 0.717) is 6.61 Å². The minimum atomic E-state index is -0.286. The van der Waals surface area contributed by atoms with E-state index in [0.717, 1.165) is 12.0 Å². The van der Waals surface area contributed by atoms with Crippen LogP contribution in [0.4, 0.5) is 0 Å². The van der Waals surface area contributed by atoms with Gasteiger partial charge in [-0.15, -0.1) is 0 Å². The molecular weight excluding hydrogens is 308 g/mol. The first kappa shape index (κ1) is 21.2. The van der Waals surface area contributed by atoms with Gasteiger partial charge in [-0.3, -0.25) is 0 Å². The summed E-state index contributed by atoms with van der Waals surface area (Å²) in [6.07, 6.45) is 16.9. The molecule has 0 spiro atoms. The minimum absolute atomic E-state index is 0.270. The third-order valence-electron chi connectivity index (χ3n) is 4.72. The zero-order valence-electron chi connectivity index (χ0n) is 16.8. The zero-order valence-corrected chi connectivity index (χ0v) is 16.8. The van der Waals surface area contributed by atoms with Crippen molar-refractivity contribution in [2.75, 3.05) is 6.61 Å². The Hall–Kier alpha value is -1.83. The molecule has 0 aliphatic heterocycles. The molecule has 0 fully saturated rings. The second-order valence-electron chi connectivity index (χ2n) is 7.36. The number of hydrogen-bond donors (Lipinski definition) is 0. The highest BCUT2D eigenvalue weighted by atomic mass is 16.5. The number of rotatable bonds is 7. The van der Waals surface area contributed by atoms with Gasteiger partial charge >= 0.3 is 5.97 Å². The van der Waals surface area contributed by atoms with E-state index in [2.05, 4.69) is 45.9 Å². The molecular formula is C23H34O2. The van der Waals surface area contributed by atoms with Crippen molar-refractivity contribution in [3.63, 3.8) is 0 Å². The third kappa shape index (κ3) is 7.29. The topological polar surface area (TPSA) is 26.3 Å². The van der Waals surface area contributed by atoms with E-state index in [4.69, 9.17) is 4.74 Å². The maximum atomic E-state index is 11.4. The third-order valence-corrected chi connectivity index (χ3v) is 4.72. The first-order valence-corrected chi connectivity index (χ1v) is 9.40. The van der Waals surface area contributed by atoms with Crippen LogP contribution in [0.25, 0.3) is 0 Å². The molecule has 0 aromatic heterocycles. The summed E-state index contributed by atoms with van der Waals surface area (Å²) in [6.45, 7) is 13.2. The van der Waals surface area contributed by atoms with E-state index >= 15 is 0 Å². The highest BCUT2D eigenvalue weighted by molar-refractivity contribution is 5.83. The van der Waals surface area contributed by atoms with Crippen LogP contribution in [0.2, 0.25) is 0 Å². The lowest BCUT2D eigenvalue weighted by molar-refractivity contribution is -0.137. The summed E-state index contributed by atoms with van der Waals surface area (Å²) in [4.78, 5) is 11.4. The molecule has 2 nitrogen and oxygen atoms in total. The molecule has 0 atom stereocenters. The van der Waals surface area contributed by atoms with Gasteiger partial charge in [0.1, 0.15) is 0 Å². The summed E-state index contributed by atoms with van der Waals surface area (Å²) in [5.41, 5.74) is 5.45. The van der Waals surface area contributed by atoms with Gasteiger partial charge in [0.15, 0.2) is 0 Å². The predicted molar refractivity (Wildman–Crippen MR) is 107 cm³/mol. The maximum Gasteiger partial charge on any atom is 0.330 e. The quantitative estimate of drug-likeness (QED) is 0.301. The second kappa shape index (κ2) is 10.2. The normalized spacial score (nSPS) is 19.1. The van der Waals surface area contributed by atoms with E-state index in [1.807, 2.05) is 26.0 Å². The molecule has 138 valence electrons. The summed E-state index contributed by atoms with van der Waals surface area (Å²) in [6, 6.07) is 0. The first-order chi connectivity index (χ1) is 11.8. The highest BCUT2D eigenvalue weighted by Crippen LogP contribution is 2.40. The van der Waals surface area contributed by atoms with Crippen molar-refractivity contribution in [3.05, 3.63) is 58.7 Å². The fourth-order valence-electron chi connectivity index (χ4n) is 3.23. The average molecular weight is 343 g/mol. The molecule has 0 unspecified atom stereocenters. The van der Waals surface area contributed by atoms with Crippen molar-refractivity contribution in [2.45, 2.75) is 67.2 Å². The molecule has 0 N–H and O–H groups in total. The van der Waals surface area contributed by atoms with Gasteiger partial charge in [-0.1, -0.05) is 56.7 Å². The van der Waals surface area contributed by atoms with Gasteiger partial charge in [0.25, 0.3) is 0 Å². The molecule has 0 aromatic rings. The largest absolute Gasteiger partial charge is 0.463 e. The number of esters is 1. The molecule has 25 heavy (non-hydrogen) atoms. The van der Waals surface area contributed by atoms with Crippen LogP contribution in [-0.4, -0.2) is 12.6 Å². The fourth-order valence-corrected chi connectivity index (χ4v) is 3.23. The van der Waals surface area contributed by atoms with Crippen LogP contribution < -0.4 is 0 Å². The van der Waals surface area contributed by atoms with Gasteiger partial charge in [-0.25, -0.2) is 4.79 Å². The molecule has 0 saturated carbocycles. The van der Waals surface area contributed by atoms with Crippen molar-refractivity contribution < 1.29 is 9.53 Å². The number of allylic oxidation sites excluding steroid dienone is 9. The van der Waals surface area contributed by atoms with Crippen molar-refractivity contribution in [1.29, 1.82) is 0 Å². The predicted octanol–water partition coefficient (Wildman–Crippen LogP) is 6.47. The van der Waals surface area contributed by atoms with Gasteiger partial charge in [0.05, 0.1) is 6.61 Å². The number of ether oxygens (including phenoxy) is 1. The summed E-state index contributed by atoms with van der Waals surface area (Å²) in [7, 11) is 0. The van der Waals surface area contributed by atoms with Gasteiger partial charge in [-0.05, 0) is 68.6 Å². The standard InChI is InChI=1S/C23H34O2/c1-7-20(13-9-11-18(3)17-22(24)25-8-2)14-15-21-19(4)12-10-16-23(21,5)6/h9,11,13-15,17H,7-8,10,12,16H2,1-6H3/b11-9+,15-14+,18-17-,20-13-. The molecule has 0 heterocycles. The van der Waals surface area contributed by atoms with Crippen molar-refractivity contribution in [1.82, 2.24) is 0 Å². The van der Waals surface area contributed by atoms with Crippen molar-refractivity contribution in [3.8, 4) is 0 Å². The minimum Gasteiger partial charge on any atom is -0.463 e. The lowest BCUT2D eigenvalue weighted by atomic mass is 9.72. The van der Waals surface area contributed by atoms with E-state index in [-0.39, 0.29) is 11.4 Å². The van der Waals surface area contributed by atoms with E-state index < -0.39 is 0 Å². The zero-order chi connectivity index (χ0) is 18.9. The molecule has 0 amide bonds. The molecule has 0 saturated heterocycles. The van der Waals surface area contributed by atoms with Gasteiger partial charge in [-0.2, -0.15) is 0 Å². The Morgan fingerprint density at radius 3 is 2.56 bits per heavy atom. The SMILES string of the molecule is CCOC(=O)\C=C(C)/C=C/C=C(\C=C\C1=C(C)CCCC1(C)C)CC. The van der Waals surface area contributed by atoms with Gasteiger partial charge in [0.2, 0.25) is 0 Å². The molecule has 0 radical (unpaired) electrons. The monoisotopic (exact) mass is 342 g/mol. The Labute approximate surface area is 154 Å². The van der Waals surface area contributed by atoms with E-state index in [9.17, 15) is 4.79 Å². The van der Waals surface area contributed by atoms with E-state index in [1.165, 1.54) is 42.1 Å². The first-order valence-electron chi connectivity index (χ1n) is 9.40. The van der Waals surface area contributed by atoms with Crippen LogP contribution in [-0.2, 0) is 9.53 Å². The second-order valence-corrected chi connectivity index (χ2v) is 7.36. The molecule has 0 bridgehead atoms.